The molecular weight excluding hydrogens is 1480 g/mol. The Bertz CT molecular complexity index is 5550. The van der Waals surface area contributed by atoms with Crippen molar-refractivity contribution in [3.63, 3.8) is 0 Å². The average molecular weight is 1570 g/mol. The second-order valence-corrected chi connectivity index (χ2v) is 29.0. The summed E-state index contributed by atoms with van der Waals surface area (Å²) in [6.07, 6.45) is 2.44. The highest BCUT2D eigenvalue weighted by Crippen LogP contribution is 2.39. The van der Waals surface area contributed by atoms with Gasteiger partial charge in [0.2, 0.25) is 35.4 Å². The molecule has 9 heterocycles. The van der Waals surface area contributed by atoms with E-state index in [1.54, 1.807) is 43.4 Å². The number of rotatable bonds is 23. The first kappa shape index (κ1) is 79.9. The van der Waals surface area contributed by atoms with Crippen LogP contribution in [0.5, 0.6) is 0 Å². The molecule has 596 valence electrons. The lowest BCUT2D eigenvalue weighted by Gasteiger charge is -2.23. The molecule has 0 bridgehead atoms. The molecule has 29 heteroatoms. The van der Waals surface area contributed by atoms with E-state index in [9.17, 15) is 33.2 Å². The van der Waals surface area contributed by atoms with Crippen LogP contribution < -0.4 is 34.0 Å². The maximum Gasteiger partial charge on any atom is 0.251 e. The maximum atomic E-state index is 13.3. The second-order valence-electron chi connectivity index (χ2n) is 29.0. The Morgan fingerprint density at radius 2 is 0.641 bits per heavy atom. The zero-order chi connectivity index (χ0) is 81.5. The Balaban J connectivity index is 0.000000129. The monoisotopic (exact) mass is 1570 g/mol. The Morgan fingerprint density at radius 1 is 0.368 bits per heavy atom. The molecule has 16 N–H and O–H groups in total. The van der Waals surface area contributed by atoms with Crippen molar-refractivity contribution in [2.45, 2.75) is 102 Å². The minimum Gasteiger partial charge on any atom is -0.366 e. The van der Waals surface area contributed by atoms with E-state index in [4.69, 9.17) is 28.7 Å². The first-order valence-corrected chi connectivity index (χ1v) is 38.8. The number of hydrogen-bond acceptors (Lipinski definition) is 17. The van der Waals surface area contributed by atoms with Crippen molar-refractivity contribution in [2.75, 3.05) is 33.2 Å². The van der Waals surface area contributed by atoms with Crippen molar-refractivity contribution in [3.8, 4) is 56.4 Å². The van der Waals surface area contributed by atoms with E-state index in [2.05, 4.69) is 66.7 Å². The summed E-state index contributed by atoms with van der Waals surface area (Å²) in [5.41, 5.74) is 49.1. The molecule has 0 fully saturated rings. The lowest BCUT2D eigenvalue weighted by Crippen LogP contribution is -2.32. The van der Waals surface area contributed by atoms with Gasteiger partial charge in [-0.05, 0) is 128 Å². The number of nitrogens with zero attached hydrogens (tertiary/aromatic N) is 11. The predicted octanol–water partition coefficient (Wildman–Crippen LogP) is 9.98. The van der Waals surface area contributed by atoms with Gasteiger partial charge in [0, 0.05) is 68.2 Å². The zero-order valence-corrected chi connectivity index (χ0v) is 64.5. The summed E-state index contributed by atoms with van der Waals surface area (Å²) in [4.78, 5) is 83.5. The van der Waals surface area contributed by atoms with Crippen LogP contribution in [-0.4, -0.2) is 150 Å². The van der Waals surface area contributed by atoms with Crippen LogP contribution in [0.15, 0.2) is 218 Å². The van der Waals surface area contributed by atoms with Gasteiger partial charge in [0.05, 0.1) is 122 Å². The summed E-state index contributed by atoms with van der Waals surface area (Å²) < 4.78 is 13.2. The molecule has 0 spiro atoms. The van der Waals surface area contributed by atoms with Gasteiger partial charge in [-0.1, -0.05) is 170 Å². The standard InChI is InChI=1S/C23H25N5O2.C22H22N8O.C22H23N5O2.C21H21FN4O/c1-25-22(29)17-9-7-16(8-10-17)21-19-13-28(14-20(19)26-27-21)23(30)18(11-12-24)15-5-3-2-4-6-15;23-11-10-17(14-4-2-1-3-5-14)22(31)30-12-18-19(13-30)24-25-20(18)15-6-8-16(9-7-15)21-26-28-29-27-21;23-11-10-17(14-4-2-1-3-5-14)22(29)27-12-18-19(13-27)25-26-20(18)15-6-8-16(9-7-15)21(24)28;22-16-8-6-15(7-9-16)20-18-12-26(13-19(18)24-25-20)21(27)17(10-11-23)14-4-2-1-3-5-14/h2-10,18H,11-14,24H2,1H3,(H,25,29)(H,26,27);1-9,17H,10-13,23H2,(H,24,25)(H,26,27,28,29);1-9,17H,10-13,23H2,(H2,24,28)(H,25,26);1-9,17H,10-13,23H2,(H,24,25). The number of aromatic amines is 5. The summed E-state index contributed by atoms with van der Waals surface area (Å²) >= 11 is 0. The van der Waals surface area contributed by atoms with Crippen LogP contribution >= 0.6 is 0 Å². The average Bonchev–Trinajstić information content (AvgIpc) is 1.64. The number of carbonyl (C=O) groups is 6. The molecule has 0 saturated heterocycles. The SMILES string of the molecule is CNC(=O)c1ccc(-c2n[nH]c3c2CN(C(=O)C(CCN)c2ccccc2)C3)cc1.NCCC(C(=O)N1Cc2[nH]nc(-c3ccc(-c4nn[nH]n4)cc3)c2C1)c1ccccc1.NCCC(C(=O)N1Cc2[nH]nc(-c3ccc(C(N)=O)cc3)c2C1)c1ccccc1.NCCC(C(=O)N1Cc2[nH]nc(-c3ccc(F)cc3)c2C1)c1ccccc1. The summed E-state index contributed by atoms with van der Waals surface area (Å²) in [7, 11) is 1.61. The van der Waals surface area contributed by atoms with Crippen molar-refractivity contribution in [1.29, 1.82) is 0 Å². The van der Waals surface area contributed by atoms with E-state index in [-0.39, 0.29) is 59.0 Å². The van der Waals surface area contributed by atoms with E-state index >= 15 is 0 Å². The van der Waals surface area contributed by atoms with E-state index < -0.39 is 5.91 Å². The van der Waals surface area contributed by atoms with Gasteiger partial charge in [0.25, 0.3) is 5.91 Å². The number of halogens is 1. The van der Waals surface area contributed by atoms with Crippen molar-refractivity contribution in [2.24, 2.45) is 28.7 Å². The van der Waals surface area contributed by atoms with Gasteiger partial charge in [-0.15, -0.1) is 10.2 Å². The van der Waals surface area contributed by atoms with Crippen LogP contribution in [0.4, 0.5) is 4.39 Å². The molecule has 0 aliphatic carbocycles. The fourth-order valence-electron chi connectivity index (χ4n) is 15.5. The third kappa shape index (κ3) is 18.0. The Labute approximate surface area is 674 Å². The first-order valence-electron chi connectivity index (χ1n) is 38.8. The van der Waals surface area contributed by atoms with E-state index in [1.165, 1.54) is 12.1 Å². The van der Waals surface area contributed by atoms with Gasteiger partial charge in [-0.3, -0.25) is 49.2 Å². The number of nitrogens with one attached hydrogen (secondary N) is 6. The van der Waals surface area contributed by atoms with Crippen molar-refractivity contribution in [1.82, 2.24) is 86.3 Å². The number of nitrogens with two attached hydrogens (primary N) is 5. The molecule has 0 radical (unpaired) electrons. The van der Waals surface area contributed by atoms with Gasteiger partial charge < -0.3 is 53.6 Å². The molecule has 6 amide bonds. The van der Waals surface area contributed by atoms with Crippen molar-refractivity contribution >= 4 is 35.4 Å². The minimum absolute atomic E-state index is 0.0706. The molecule has 4 unspecified atom stereocenters. The van der Waals surface area contributed by atoms with Crippen molar-refractivity contribution in [3.05, 3.63) is 303 Å². The first-order chi connectivity index (χ1) is 57.1. The fourth-order valence-corrected chi connectivity index (χ4v) is 15.5. The molecule has 28 nitrogen and oxygen atoms in total. The summed E-state index contributed by atoms with van der Waals surface area (Å²) in [5.74, 6) is -0.995. The molecule has 4 aliphatic heterocycles. The Hall–Kier alpha value is -13.7. The molecular formula is C88H91FN22O6. The Morgan fingerprint density at radius 3 is 0.906 bits per heavy atom. The number of H-pyrrole nitrogens is 5. The normalized spacial score (nSPS) is 13.9. The fraction of sp³-hybridized carbons (Fsp3) is 0.239. The van der Waals surface area contributed by atoms with E-state index in [1.807, 2.05) is 189 Å². The number of primary amides is 1. The van der Waals surface area contributed by atoms with Gasteiger partial charge in [-0.25, -0.2) is 4.39 Å². The van der Waals surface area contributed by atoms with Crippen LogP contribution in [0.3, 0.4) is 0 Å². The van der Waals surface area contributed by atoms with Gasteiger partial charge in [0.15, 0.2) is 0 Å². The second kappa shape index (κ2) is 37.0. The number of carbonyl (C=O) groups excluding carboxylic acids is 6. The molecule has 17 rings (SSSR count). The molecule has 117 heavy (non-hydrogen) atoms. The largest absolute Gasteiger partial charge is 0.366 e. The predicted molar refractivity (Wildman–Crippen MR) is 440 cm³/mol. The number of hydrogen-bond donors (Lipinski definition) is 11. The number of amides is 6. The number of tetrazole rings is 1. The lowest BCUT2D eigenvalue weighted by molar-refractivity contribution is -0.134. The highest BCUT2D eigenvalue weighted by Gasteiger charge is 2.38. The lowest BCUT2D eigenvalue weighted by atomic mass is 9.94. The quantitative estimate of drug-likeness (QED) is 0.0283. The molecule has 8 aromatic carbocycles. The van der Waals surface area contributed by atoms with Crippen LogP contribution in [0, 0.1) is 5.82 Å². The number of benzene rings is 8. The number of aromatic nitrogens is 12. The van der Waals surface area contributed by atoms with Crippen LogP contribution in [0.2, 0.25) is 0 Å². The molecule has 4 aliphatic rings. The zero-order valence-electron chi connectivity index (χ0n) is 64.5. The Kier molecular flexibility index (Phi) is 25.3. The molecule has 0 saturated carbocycles. The van der Waals surface area contributed by atoms with E-state index in [0.717, 1.165) is 118 Å². The topological polar surface area (TPSA) is 427 Å². The minimum atomic E-state index is -0.465. The van der Waals surface area contributed by atoms with Gasteiger partial charge in [0.1, 0.15) is 5.82 Å². The third-order valence-electron chi connectivity index (χ3n) is 21.6. The van der Waals surface area contributed by atoms with Gasteiger partial charge >= 0.3 is 0 Å². The number of fused-ring (bicyclic) bond motifs is 4. The highest BCUT2D eigenvalue weighted by molar-refractivity contribution is 5.95. The van der Waals surface area contributed by atoms with Crippen LogP contribution in [-0.2, 0) is 71.5 Å². The molecule has 13 aromatic rings. The maximum absolute atomic E-state index is 13.3. The van der Waals surface area contributed by atoms with E-state index in [0.29, 0.717) is 121 Å². The third-order valence-corrected chi connectivity index (χ3v) is 21.6. The smallest absolute Gasteiger partial charge is 0.251 e. The van der Waals surface area contributed by atoms with Crippen molar-refractivity contribution < 1.29 is 33.2 Å². The molecule has 5 aromatic heterocycles. The van der Waals surface area contributed by atoms with Gasteiger partial charge in [-0.2, -0.15) is 25.6 Å². The van der Waals surface area contributed by atoms with Crippen LogP contribution in [0.25, 0.3) is 56.4 Å². The summed E-state index contributed by atoms with van der Waals surface area (Å²) in [6, 6.07) is 67.6. The summed E-state index contributed by atoms with van der Waals surface area (Å²) in [5, 5.41) is 46.7. The molecule has 4 atom stereocenters. The van der Waals surface area contributed by atoms with Crippen LogP contribution in [0.1, 0.15) is 137 Å². The summed E-state index contributed by atoms with van der Waals surface area (Å²) in [6.45, 7) is 5.85. The highest BCUT2D eigenvalue weighted by atomic mass is 19.1.